The van der Waals surface area contributed by atoms with Crippen molar-refractivity contribution < 1.29 is 0 Å². The molecule has 1 aliphatic heterocycles. The highest BCUT2D eigenvalue weighted by Gasteiger charge is 2.47. The lowest BCUT2D eigenvalue weighted by atomic mass is 9.89. The Hall–Kier alpha value is -0.560. The Morgan fingerprint density at radius 2 is 1.68 bits per heavy atom. The minimum absolute atomic E-state index is 0.878. The van der Waals surface area contributed by atoms with E-state index in [-0.39, 0.29) is 0 Å². The smallest absolute Gasteiger partial charge is 0.00214 e. The van der Waals surface area contributed by atoms with Crippen LogP contribution in [0.1, 0.15) is 39.5 Å². The maximum Gasteiger partial charge on any atom is 0.00214 e. The van der Waals surface area contributed by atoms with E-state index in [9.17, 15) is 0 Å². The van der Waals surface area contributed by atoms with Crippen molar-refractivity contribution >= 4 is 0 Å². The van der Waals surface area contributed by atoms with Gasteiger partial charge in [0, 0.05) is 6.54 Å². The maximum atomic E-state index is 2.73. The number of hydrogen-bond donors (Lipinski definition) is 0. The number of fused-ring (bicyclic) bond motifs is 1. The lowest BCUT2D eigenvalue weighted by Gasteiger charge is -2.32. The van der Waals surface area contributed by atoms with Crippen LogP contribution in [0.5, 0.6) is 0 Å². The second kappa shape index (κ2) is 5.83. The summed E-state index contributed by atoms with van der Waals surface area (Å²) in [4.78, 5) is 2.73. The van der Waals surface area contributed by atoms with Gasteiger partial charge in [0.25, 0.3) is 0 Å². The van der Waals surface area contributed by atoms with Gasteiger partial charge in [0.2, 0.25) is 0 Å². The molecular formula is C18H29N. The van der Waals surface area contributed by atoms with Crippen LogP contribution in [0.3, 0.4) is 0 Å². The second-order valence-electron chi connectivity index (χ2n) is 7.30. The Labute approximate surface area is 118 Å². The Kier molecular flexibility index (Phi) is 4.12. The monoisotopic (exact) mass is 259 g/mol. The van der Waals surface area contributed by atoms with Gasteiger partial charge >= 0.3 is 0 Å². The van der Waals surface area contributed by atoms with E-state index in [1.54, 1.807) is 0 Å². The van der Waals surface area contributed by atoms with Gasteiger partial charge < -0.3 is 4.90 Å². The summed E-state index contributed by atoms with van der Waals surface area (Å²) in [7, 11) is 0. The van der Waals surface area contributed by atoms with Crippen LogP contribution >= 0.6 is 0 Å². The number of nitrogens with zero attached hydrogens (tertiary/aromatic N) is 1. The van der Waals surface area contributed by atoms with E-state index >= 15 is 0 Å². The van der Waals surface area contributed by atoms with Crippen molar-refractivity contribution in [1.82, 2.24) is 4.90 Å². The van der Waals surface area contributed by atoms with Crippen LogP contribution in [0.4, 0.5) is 0 Å². The first-order valence-electron chi connectivity index (χ1n) is 8.31. The molecule has 2 fully saturated rings. The average Bonchev–Trinajstić information content (AvgIpc) is 3.12. The molecule has 1 saturated carbocycles. The van der Waals surface area contributed by atoms with Gasteiger partial charge in [-0.2, -0.15) is 0 Å². The largest absolute Gasteiger partial charge is 0.303 e. The van der Waals surface area contributed by atoms with E-state index in [4.69, 9.17) is 0 Å². The molecule has 1 heteroatoms. The van der Waals surface area contributed by atoms with Crippen molar-refractivity contribution in [3.8, 4) is 0 Å². The Morgan fingerprint density at radius 3 is 2.26 bits per heavy atom. The molecule has 0 radical (unpaired) electrons. The lowest BCUT2D eigenvalue weighted by molar-refractivity contribution is 0.167. The summed E-state index contributed by atoms with van der Waals surface area (Å²) in [6.07, 6.45) is 15.1. The molecule has 1 saturated heterocycles. The van der Waals surface area contributed by atoms with E-state index in [0.29, 0.717) is 0 Å². The lowest BCUT2D eigenvalue weighted by Crippen LogP contribution is -2.35. The first-order chi connectivity index (χ1) is 9.24. The molecule has 0 bridgehead atoms. The number of allylic oxidation sites excluding steroid dienone is 4. The van der Waals surface area contributed by atoms with E-state index < -0.39 is 0 Å². The molecule has 19 heavy (non-hydrogen) atoms. The van der Waals surface area contributed by atoms with Crippen LogP contribution in [-0.4, -0.2) is 24.5 Å². The molecular weight excluding hydrogens is 230 g/mol. The zero-order chi connectivity index (χ0) is 13.2. The molecule has 0 aromatic rings. The third kappa shape index (κ3) is 3.31. The first-order valence-corrected chi connectivity index (χ1v) is 8.31. The minimum atomic E-state index is 0.878. The third-order valence-corrected chi connectivity index (χ3v) is 5.40. The van der Waals surface area contributed by atoms with Crippen LogP contribution in [0.2, 0.25) is 0 Å². The van der Waals surface area contributed by atoms with E-state index in [1.165, 1.54) is 45.3 Å². The fraction of sp³-hybridized carbons (Fsp3) is 0.778. The van der Waals surface area contributed by atoms with Crippen molar-refractivity contribution in [2.75, 3.05) is 19.6 Å². The summed E-state index contributed by atoms with van der Waals surface area (Å²) in [5, 5.41) is 0. The van der Waals surface area contributed by atoms with Gasteiger partial charge in [-0.25, -0.2) is 0 Å². The zero-order valence-corrected chi connectivity index (χ0v) is 12.6. The summed E-state index contributed by atoms with van der Waals surface area (Å²) in [5.41, 5.74) is 0. The topological polar surface area (TPSA) is 3.24 Å². The van der Waals surface area contributed by atoms with Gasteiger partial charge in [0.15, 0.2) is 0 Å². The zero-order valence-electron chi connectivity index (χ0n) is 12.6. The van der Waals surface area contributed by atoms with Crippen molar-refractivity contribution in [2.24, 2.45) is 29.6 Å². The molecule has 0 amide bonds. The second-order valence-corrected chi connectivity index (χ2v) is 7.30. The van der Waals surface area contributed by atoms with Crippen LogP contribution in [-0.2, 0) is 0 Å². The average molecular weight is 259 g/mol. The molecule has 2 unspecified atom stereocenters. The van der Waals surface area contributed by atoms with Gasteiger partial charge in [-0.3, -0.25) is 0 Å². The minimum Gasteiger partial charge on any atom is -0.303 e. The van der Waals surface area contributed by atoms with Crippen molar-refractivity contribution in [3.05, 3.63) is 24.3 Å². The number of piperidine rings is 1. The maximum absolute atomic E-state index is 2.73. The quantitative estimate of drug-likeness (QED) is 0.718. The van der Waals surface area contributed by atoms with Gasteiger partial charge in [0.1, 0.15) is 0 Å². The highest BCUT2D eigenvalue weighted by atomic mass is 15.1. The standard InChI is InChI=1S/C18H29N/c1-14(2)7-8-15-9-11-19(12-10-15)13-18-16-5-3-4-6-17(16)18/h3-6,14-18H,7-13H2,1-2H3. The molecule has 3 aliphatic rings. The predicted octanol–water partition coefficient (Wildman–Crippen LogP) is 4.12. The number of hydrogen-bond acceptors (Lipinski definition) is 1. The van der Waals surface area contributed by atoms with E-state index in [0.717, 1.165) is 29.6 Å². The predicted molar refractivity (Wildman–Crippen MR) is 82.0 cm³/mol. The van der Waals surface area contributed by atoms with E-state index in [2.05, 4.69) is 43.1 Å². The highest BCUT2D eigenvalue weighted by molar-refractivity contribution is 5.25. The summed E-state index contributed by atoms with van der Waals surface area (Å²) < 4.78 is 0. The Morgan fingerprint density at radius 1 is 1.05 bits per heavy atom. The number of likely N-dealkylation sites (tertiary alicyclic amines) is 1. The fourth-order valence-corrected chi connectivity index (χ4v) is 3.92. The van der Waals surface area contributed by atoms with Crippen LogP contribution in [0.15, 0.2) is 24.3 Å². The Bertz CT molecular complexity index is 329. The summed E-state index contributed by atoms with van der Waals surface area (Å²) in [5.74, 6) is 4.58. The molecule has 2 aliphatic carbocycles. The molecule has 1 nitrogen and oxygen atoms in total. The third-order valence-electron chi connectivity index (χ3n) is 5.40. The first kappa shape index (κ1) is 13.4. The molecule has 0 aromatic carbocycles. The fourth-order valence-electron chi connectivity index (χ4n) is 3.92. The van der Waals surface area contributed by atoms with Crippen LogP contribution < -0.4 is 0 Å². The van der Waals surface area contributed by atoms with Gasteiger partial charge in [-0.05, 0) is 55.5 Å². The molecule has 106 valence electrons. The van der Waals surface area contributed by atoms with Gasteiger partial charge in [0.05, 0.1) is 0 Å². The SMILES string of the molecule is CC(C)CCC1CCN(CC2C3C=CC=CC32)CC1. The van der Waals surface area contributed by atoms with Gasteiger partial charge in [-0.15, -0.1) is 0 Å². The molecule has 0 aromatic heterocycles. The number of rotatable bonds is 5. The molecule has 1 heterocycles. The Balaban J connectivity index is 1.37. The van der Waals surface area contributed by atoms with Gasteiger partial charge in [-0.1, -0.05) is 51.0 Å². The van der Waals surface area contributed by atoms with Crippen LogP contribution in [0, 0.1) is 29.6 Å². The summed E-state index contributed by atoms with van der Waals surface area (Å²) in [6.45, 7) is 8.76. The molecule has 0 N–H and O–H groups in total. The van der Waals surface area contributed by atoms with E-state index in [1.807, 2.05) is 0 Å². The molecule has 0 spiro atoms. The molecule has 3 rings (SSSR count). The molecule has 2 atom stereocenters. The normalized spacial score (nSPS) is 34.8. The van der Waals surface area contributed by atoms with Crippen molar-refractivity contribution in [3.63, 3.8) is 0 Å². The summed E-state index contributed by atoms with van der Waals surface area (Å²) >= 11 is 0. The highest BCUT2D eigenvalue weighted by Crippen LogP contribution is 2.50. The summed E-state index contributed by atoms with van der Waals surface area (Å²) in [6, 6.07) is 0. The van der Waals surface area contributed by atoms with Crippen LogP contribution in [0.25, 0.3) is 0 Å². The van der Waals surface area contributed by atoms with Crippen molar-refractivity contribution in [1.29, 1.82) is 0 Å². The van der Waals surface area contributed by atoms with Crippen molar-refractivity contribution in [2.45, 2.75) is 39.5 Å².